The predicted molar refractivity (Wildman–Crippen MR) is 106 cm³/mol. The maximum absolute atomic E-state index is 14.1. The molecule has 0 aliphatic heterocycles. The number of ether oxygens (including phenoxy) is 1. The molecule has 4 nitrogen and oxygen atoms in total. The molecule has 0 unspecified atom stereocenters. The van der Waals surface area contributed by atoms with E-state index in [0.29, 0.717) is 27.9 Å². The predicted octanol–water partition coefficient (Wildman–Crippen LogP) is 5.84. The van der Waals surface area contributed by atoms with Gasteiger partial charge in [0, 0.05) is 16.0 Å². The molecule has 134 valence electrons. The van der Waals surface area contributed by atoms with Gasteiger partial charge in [0.25, 0.3) is 0 Å². The second-order valence-electron chi connectivity index (χ2n) is 5.89. The molecule has 0 atom stereocenters. The monoisotopic (exact) mass is 379 g/mol. The Labute approximate surface area is 160 Å². The van der Waals surface area contributed by atoms with Gasteiger partial charge in [-0.15, -0.1) is 0 Å². The summed E-state index contributed by atoms with van der Waals surface area (Å²) in [5.74, 6) is 1.40. The molecule has 0 bridgehead atoms. The molecule has 0 amide bonds. The third-order valence-corrected chi connectivity index (χ3v) is 4.37. The van der Waals surface area contributed by atoms with Crippen molar-refractivity contribution in [2.45, 2.75) is 0 Å². The number of para-hydroxylation sites is 1. The van der Waals surface area contributed by atoms with E-state index in [2.05, 4.69) is 15.3 Å². The van der Waals surface area contributed by atoms with Gasteiger partial charge in [-0.05, 0) is 54.6 Å². The molecule has 4 rings (SSSR count). The minimum absolute atomic E-state index is 0.341. The van der Waals surface area contributed by atoms with E-state index in [4.69, 9.17) is 16.3 Å². The van der Waals surface area contributed by atoms with Crippen molar-refractivity contribution in [1.82, 2.24) is 9.97 Å². The number of halogens is 2. The summed E-state index contributed by atoms with van der Waals surface area (Å²) in [6.07, 6.45) is 0. The van der Waals surface area contributed by atoms with Gasteiger partial charge in [0.1, 0.15) is 17.4 Å². The molecule has 1 aromatic heterocycles. The summed E-state index contributed by atoms with van der Waals surface area (Å²) < 4.78 is 19.3. The Hall–Kier alpha value is -3.18. The van der Waals surface area contributed by atoms with Crippen LogP contribution in [-0.2, 0) is 0 Å². The lowest BCUT2D eigenvalue weighted by Crippen LogP contribution is -2.01. The Morgan fingerprint density at radius 3 is 2.48 bits per heavy atom. The summed E-state index contributed by atoms with van der Waals surface area (Å²) in [5.41, 5.74) is 1.82. The fourth-order valence-electron chi connectivity index (χ4n) is 2.76. The number of hydrogen-bond donors (Lipinski definition) is 1. The lowest BCUT2D eigenvalue weighted by atomic mass is 10.1. The first kappa shape index (κ1) is 17.2. The first-order valence-electron chi connectivity index (χ1n) is 8.27. The van der Waals surface area contributed by atoms with Crippen LogP contribution in [0.4, 0.5) is 15.9 Å². The minimum atomic E-state index is -0.357. The Balaban J connectivity index is 1.86. The first-order chi connectivity index (χ1) is 13.1. The summed E-state index contributed by atoms with van der Waals surface area (Å²) >= 11 is 6.14. The van der Waals surface area contributed by atoms with Gasteiger partial charge in [0.2, 0.25) is 0 Å². The van der Waals surface area contributed by atoms with Crippen molar-refractivity contribution in [2.75, 3.05) is 12.4 Å². The molecule has 0 aliphatic rings. The molecule has 0 spiro atoms. The standard InChI is InChI=1S/C21H15ClFN3O/c1-27-15-9-6-13(7-10-15)20-25-19-12-14(22)8-11-16(19)21(26-20)24-18-5-3-2-4-17(18)23/h2-12H,1H3,(H,24,25,26). The molecule has 0 saturated heterocycles. The number of aromatic nitrogens is 2. The molecule has 6 heteroatoms. The highest BCUT2D eigenvalue weighted by molar-refractivity contribution is 6.31. The summed E-state index contributed by atoms with van der Waals surface area (Å²) in [6.45, 7) is 0. The van der Waals surface area contributed by atoms with E-state index in [9.17, 15) is 4.39 Å². The van der Waals surface area contributed by atoms with Crippen LogP contribution in [0.1, 0.15) is 0 Å². The van der Waals surface area contributed by atoms with E-state index < -0.39 is 0 Å². The fourth-order valence-corrected chi connectivity index (χ4v) is 2.92. The number of rotatable bonds is 4. The summed E-state index contributed by atoms with van der Waals surface area (Å²) in [4.78, 5) is 9.24. The van der Waals surface area contributed by atoms with Crippen molar-refractivity contribution in [3.8, 4) is 17.1 Å². The number of fused-ring (bicyclic) bond motifs is 1. The van der Waals surface area contributed by atoms with Crippen LogP contribution in [0.2, 0.25) is 5.02 Å². The third kappa shape index (κ3) is 3.55. The number of hydrogen-bond acceptors (Lipinski definition) is 4. The number of nitrogens with one attached hydrogen (secondary N) is 1. The molecule has 1 heterocycles. The Morgan fingerprint density at radius 2 is 1.74 bits per heavy atom. The largest absolute Gasteiger partial charge is 0.497 e. The Kier molecular flexibility index (Phi) is 4.60. The zero-order chi connectivity index (χ0) is 18.8. The van der Waals surface area contributed by atoms with Gasteiger partial charge in [0.05, 0.1) is 18.3 Å². The van der Waals surface area contributed by atoms with Crippen LogP contribution in [0.5, 0.6) is 5.75 Å². The molecular formula is C21H15ClFN3O. The topological polar surface area (TPSA) is 47.0 Å². The van der Waals surface area contributed by atoms with Crippen LogP contribution >= 0.6 is 11.6 Å². The third-order valence-electron chi connectivity index (χ3n) is 4.13. The summed E-state index contributed by atoms with van der Waals surface area (Å²) in [7, 11) is 1.61. The highest BCUT2D eigenvalue weighted by Gasteiger charge is 2.12. The highest BCUT2D eigenvalue weighted by atomic mass is 35.5. The maximum atomic E-state index is 14.1. The molecule has 0 radical (unpaired) electrons. The molecule has 27 heavy (non-hydrogen) atoms. The van der Waals surface area contributed by atoms with Crippen molar-refractivity contribution in [1.29, 1.82) is 0 Å². The van der Waals surface area contributed by atoms with Crippen molar-refractivity contribution < 1.29 is 9.13 Å². The van der Waals surface area contributed by atoms with Crippen LogP contribution in [0.3, 0.4) is 0 Å². The second-order valence-corrected chi connectivity index (χ2v) is 6.33. The van der Waals surface area contributed by atoms with Crippen LogP contribution in [0.25, 0.3) is 22.3 Å². The minimum Gasteiger partial charge on any atom is -0.497 e. The lowest BCUT2D eigenvalue weighted by molar-refractivity contribution is 0.415. The van der Waals surface area contributed by atoms with Crippen LogP contribution in [-0.4, -0.2) is 17.1 Å². The number of anilines is 2. The Morgan fingerprint density at radius 1 is 0.963 bits per heavy atom. The molecule has 0 fully saturated rings. The summed E-state index contributed by atoms with van der Waals surface area (Å²) in [6, 6.07) is 19.2. The number of methoxy groups -OCH3 is 1. The van der Waals surface area contributed by atoms with Gasteiger partial charge in [0.15, 0.2) is 5.82 Å². The van der Waals surface area contributed by atoms with Crippen LogP contribution < -0.4 is 10.1 Å². The SMILES string of the molecule is COc1ccc(-c2nc(Nc3ccccc3F)c3ccc(Cl)cc3n2)cc1. The second kappa shape index (κ2) is 7.21. The van der Waals surface area contributed by atoms with Gasteiger partial charge >= 0.3 is 0 Å². The van der Waals surface area contributed by atoms with E-state index in [0.717, 1.165) is 16.7 Å². The quantitative estimate of drug-likeness (QED) is 0.483. The highest BCUT2D eigenvalue weighted by Crippen LogP contribution is 2.30. The van der Waals surface area contributed by atoms with E-state index in [1.807, 2.05) is 30.3 Å². The fraction of sp³-hybridized carbons (Fsp3) is 0.0476. The smallest absolute Gasteiger partial charge is 0.162 e. The van der Waals surface area contributed by atoms with E-state index >= 15 is 0 Å². The van der Waals surface area contributed by atoms with Crippen LogP contribution in [0, 0.1) is 5.82 Å². The van der Waals surface area contributed by atoms with Gasteiger partial charge in [-0.1, -0.05) is 23.7 Å². The van der Waals surface area contributed by atoms with Crippen molar-refractivity contribution in [3.05, 3.63) is 77.6 Å². The molecule has 4 aromatic rings. The van der Waals surface area contributed by atoms with Gasteiger partial charge in [-0.2, -0.15) is 0 Å². The molecule has 0 aliphatic carbocycles. The average molecular weight is 380 g/mol. The van der Waals surface area contributed by atoms with E-state index in [1.54, 1.807) is 37.4 Å². The van der Waals surface area contributed by atoms with Gasteiger partial charge in [-0.3, -0.25) is 0 Å². The first-order valence-corrected chi connectivity index (χ1v) is 8.65. The normalized spacial score (nSPS) is 10.8. The zero-order valence-electron chi connectivity index (χ0n) is 14.4. The average Bonchev–Trinajstić information content (AvgIpc) is 2.69. The number of benzene rings is 3. The molecule has 1 N–H and O–H groups in total. The zero-order valence-corrected chi connectivity index (χ0v) is 15.2. The van der Waals surface area contributed by atoms with E-state index in [-0.39, 0.29) is 5.82 Å². The van der Waals surface area contributed by atoms with Crippen molar-refractivity contribution >= 4 is 34.0 Å². The number of nitrogens with zero attached hydrogens (tertiary/aromatic N) is 2. The maximum Gasteiger partial charge on any atom is 0.162 e. The summed E-state index contributed by atoms with van der Waals surface area (Å²) in [5, 5.41) is 4.39. The molecule has 3 aromatic carbocycles. The van der Waals surface area contributed by atoms with Crippen molar-refractivity contribution in [3.63, 3.8) is 0 Å². The molecule has 0 saturated carbocycles. The van der Waals surface area contributed by atoms with Crippen LogP contribution in [0.15, 0.2) is 66.7 Å². The van der Waals surface area contributed by atoms with Gasteiger partial charge in [-0.25, -0.2) is 14.4 Å². The molecular weight excluding hydrogens is 365 g/mol. The lowest BCUT2D eigenvalue weighted by Gasteiger charge is -2.12. The van der Waals surface area contributed by atoms with Gasteiger partial charge < -0.3 is 10.1 Å². The Bertz CT molecular complexity index is 1120. The van der Waals surface area contributed by atoms with Crippen molar-refractivity contribution in [2.24, 2.45) is 0 Å². The van der Waals surface area contributed by atoms with E-state index in [1.165, 1.54) is 6.07 Å².